The maximum absolute atomic E-state index is 13.8. The predicted octanol–water partition coefficient (Wildman–Crippen LogP) is 5.19. The molecule has 8 heteroatoms. The number of amides is 1. The van der Waals surface area contributed by atoms with Crippen LogP contribution in [0.25, 0.3) is 22.3 Å². The third-order valence-corrected chi connectivity index (χ3v) is 7.61. The van der Waals surface area contributed by atoms with Crippen LogP contribution >= 0.6 is 0 Å². The van der Waals surface area contributed by atoms with Crippen molar-refractivity contribution in [3.8, 4) is 17.1 Å². The Bertz CT molecular complexity index is 1490. The molecule has 0 N–H and O–H groups in total. The van der Waals surface area contributed by atoms with Crippen LogP contribution in [0.1, 0.15) is 52.6 Å². The first kappa shape index (κ1) is 26.8. The van der Waals surface area contributed by atoms with E-state index in [4.69, 9.17) is 14.7 Å². The molecule has 2 aromatic carbocycles. The standard InChI is InChI=1S/C31H38N6O2/c1-6-37-23(4)25(19-32-37)20-35(5)31(38)29-26-17-21(2)9-11-27(26)33-30(34-29)24-10-12-28(22(3)18-24)39-16-15-36-13-7-8-14-36/h9-12,17-19H,6-8,13-16,20H2,1-5H3. The fourth-order valence-corrected chi connectivity index (χ4v) is 5.24. The van der Waals surface area contributed by atoms with E-state index in [-0.39, 0.29) is 5.91 Å². The fraction of sp³-hybridized carbons (Fsp3) is 0.419. The zero-order valence-electron chi connectivity index (χ0n) is 23.7. The van der Waals surface area contributed by atoms with E-state index in [2.05, 4.69) is 16.9 Å². The number of carbonyl (C=O) groups excluding carboxylic acids is 1. The summed E-state index contributed by atoms with van der Waals surface area (Å²) in [5, 5.41) is 5.19. The van der Waals surface area contributed by atoms with E-state index < -0.39 is 0 Å². The summed E-state index contributed by atoms with van der Waals surface area (Å²) < 4.78 is 8.03. The van der Waals surface area contributed by atoms with Gasteiger partial charge in [0.25, 0.3) is 5.91 Å². The van der Waals surface area contributed by atoms with Gasteiger partial charge in [-0.3, -0.25) is 14.4 Å². The Hall–Kier alpha value is -3.78. The molecular weight excluding hydrogens is 488 g/mol. The van der Waals surface area contributed by atoms with Crippen molar-refractivity contribution in [2.24, 2.45) is 0 Å². The molecule has 0 radical (unpaired) electrons. The summed E-state index contributed by atoms with van der Waals surface area (Å²) >= 11 is 0. The van der Waals surface area contributed by atoms with Crippen LogP contribution in [0.2, 0.25) is 0 Å². The molecule has 0 atom stereocenters. The first-order valence-corrected chi connectivity index (χ1v) is 13.9. The molecule has 2 aromatic heterocycles. The number of hydrogen-bond donors (Lipinski definition) is 0. The van der Waals surface area contributed by atoms with Crippen molar-refractivity contribution in [3.05, 3.63) is 70.7 Å². The van der Waals surface area contributed by atoms with E-state index in [0.29, 0.717) is 24.7 Å². The van der Waals surface area contributed by atoms with Gasteiger partial charge in [-0.05, 0) is 89.5 Å². The van der Waals surface area contributed by atoms with Crippen LogP contribution in [0, 0.1) is 20.8 Å². The SMILES string of the molecule is CCn1ncc(CN(C)C(=O)c2nc(-c3ccc(OCCN4CCCC4)c(C)c3)nc3ccc(C)cc23)c1C. The molecule has 5 rings (SSSR count). The molecule has 1 aliphatic rings. The highest BCUT2D eigenvalue weighted by Crippen LogP contribution is 2.28. The van der Waals surface area contributed by atoms with Gasteiger partial charge in [0, 0.05) is 48.9 Å². The first-order chi connectivity index (χ1) is 18.8. The third-order valence-electron chi connectivity index (χ3n) is 7.61. The molecule has 8 nitrogen and oxygen atoms in total. The molecule has 0 unspecified atom stereocenters. The average molecular weight is 527 g/mol. The molecule has 204 valence electrons. The van der Waals surface area contributed by atoms with Gasteiger partial charge < -0.3 is 9.64 Å². The van der Waals surface area contributed by atoms with Gasteiger partial charge >= 0.3 is 0 Å². The van der Waals surface area contributed by atoms with E-state index in [1.807, 2.05) is 75.1 Å². The lowest BCUT2D eigenvalue weighted by molar-refractivity contribution is 0.0781. The number of fused-ring (bicyclic) bond motifs is 1. The molecule has 0 saturated carbocycles. The lowest BCUT2D eigenvalue weighted by Gasteiger charge is -2.19. The van der Waals surface area contributed by atoms with E-state index in [1.54, 1.807) is 4.90 Å². The monoisotopic (exact) mass is 526 g/mol. The van der Waals surface area contributed by atoms with Gasteiger partial charge in [0.2, 0.25) is 0 Å². The zero-order valence-corrected chi connectivity index (χ0v) is 23.7. The molecule has 0 spiro atoms. The molecule has 39 heavy (non-hydrogen) atoms. The average Bonchev–Trinajstić information content (AvgIpc) is 3.58. The lowest BCUT2D eigenvalue weighted by Crippen LogP contribution is -2.28. The minimum Gasteiger partial charge on any atom is -0.492 e. The van der Waals surface area contributed by atoms with E-state index in [1.165, 1.54) is 25.9 Å². The lowest BCUT2D eigenvalue weighted by atomic mass is 10.1. The van der Waals surface area contributed by atoms with Crippen molar-refractivity contribution in [2.45, 2.75) is 53.6 Å². The van der Waals surface area contributed by atoms with Gasteiger partial charge in [-0.1, -0.05) is 11.6 Å². The van der Waals surface area contributed by atoms with Gasteiger partial charge in [0.1, 0.15) is 18.1 Å². The number of ether oxygens (including phenoxy) is 1. The molecule has 0 aliphatic carbocycles. The summed E-state index contributed by atoms with van der Waals surface area (Å²) in [5.41, 5.74) is 6.19. The second kappa shape index (κ2) is 11.5. The molecule has 1 fully saturated rings. The Morgan fingerprint density at radius 1 is 1.05 bits per heavy atom. The van der Waals surface area contributed by atoms with Crippen molar-refractivity contribution in [3.63, 3.8) is 0 Å². The van der Waals surface area contributed by atoms with Gasteiger partial charge in [0.05, 0.1) is 11.7 Å². The summed E-state index contributed by atoms with van der Waals surface area (Å²) in [4.78, 5) is 27.6. The number of aryl methyl sites for hydroxylation is 3. The second-order valence-electron chi connectivity index (χ2n) is 10.5. The van der Waals surface area contributed by atoms with Crippen LogP contribution in [0.3, 0.4) is 0 Å². The smallest absolute Gasteiger partial charge is 0.273 e. The summed E-state index contributed by atoms with van der Waals surface area (Å²) in [5.74, 6) is 1.26. The Morgan fingerprint density at radius 3 is 2.56 bits per heavy atom. The van der Waals surface area contributed by atoms with Gasteiger partial charge in [-0.15, -0.1) is 0 Å². The van der Waals surface area contributed by atoms with Crippen LogP contribution in [-0.2, 0) is 13.1 Å². The molecule has 0 bridgehead atoms. The van der Waals surface area contributed by atoms with Crippen LogP contribution in [0.15, 0.2) is 42.6 Å². The highest BCUT2D eigenvalue weighted by molar-refractivity contribution is 6.05. The number of aromatic nitrogens is 4. The molecule has 4 aromatic rings. The maximum Gasteiger partial charge on any atom is 0.273 e. The summed E-state index contributed by atoms with van der Waals surface area (Å²) in [6.45, 7) is 13.4. The highest BCUT2D eigenvalue weighted by atomic mass is 16.5. The minimum absolute atomic E-state index is 0.142. The van der Waals surface area contributed by atoms with E-state index >= 15 is 0 Å². The molecule has 1 amide bonds. The van der Waals surface area contributed by atoms with Crippen molar-refractivity contribution in [1.82, 2.24) is 29.5 Å². The molecular formula is C31H38N6O2. The number of rotatable bonds is 9. The highest BCUT2D eigenvalue weighted by Gasteiger charge is 2.21. The maximum atomic E-state index is 13.8. The Morgan fingerprint density at radius 2 is 1.85 bits per heavy atom. The molecule has 1 aliphatic heterocycles. The van der Waals surface area contributed by atoms with Crippen LogP contribution in [0.5, 0.6) is 5.75 Å². The minimum atomic E-state index is -0.142. The number of nitrogens with zero attached hydrogens (tertiary/aromatic N) is 6. The van der Waals surface area contributed by atoms with Crippen molar-refractivity contribution in [1.29, 1.82) is 0 Å². The number of benzene rings is 2. The van der Waals surface area contributed by atoms with Crippen molar-refractivity contribution >= 4 is 16.8 Å². The normalized spacial score (nSPS) is 13.8. The topological polar surface area (TPSA) is 76.4 Å². The number of likely N-dealkylation sites (tertiary alicyclic amines) is 1. The quantitative estimate of drug-likeness (QED) is 0.299. The van der Waals surface area contributed by atoms with E-state index in [9.17, 15) is 4.79 Å². The van der Waals surface area contributed by atoms with Gasteiger partial charge in [0.15, 0.2) is 5.82 Å². The van der Waals surface area contributed by atoms with Crippen LogP contribution in [0.4, 0.5) is 0 Å². The van der Waals surface area contributed by atoms with E-state index in [0.717, 1.165) is 57.7 Å². The largest absolute Gasteiger partial charge is 0.492 e. The van der Waals surface area contributed by atoms with Crippen molar-refractivity contribution < 1.29 is 9.53 Å². The van der Waals surface area contributed by atoms with Gasteiger partial charge in [-0.2, -0.15) is 5.10 Å². The first-order valence-electron chi connectivity index (χ1n) is 13.9. The third kappa shape index (κ3) is 5.81. The van der Waals surface area contributed by atoms with Crippen LogP contribution in [-0.4, -0.2) is 68.7 Å². The zero-order chi connectivity index (χ0) is 27.5. The summed E-state index contributed by atoms with van der Waals surface area (Å²) in [6, 6.07) is 12.0. The van der Waals surface area contributed by atoms with Crippen LogP contribution < -0.4 is 4.74 Å². The molecule has 3 heterocycles. The number of carbonyl (C=O) groups is 1. The van der Waals surface area contributed by atoms with Gasteiger partial charge in [-0.25, -0.2) is 9.97 Å². The predicted molar refractivity (Wildman–Crippen MR) is 154 cm³/mol. The Balaban J connectivity index is 1.42. The fourth-order valence-electron chi connectivity index (χ4n) is 5.24. The second-order valence-corrected chi connectivity index (χ2v) is 10.5. The number of hydrogen-bond acceptors (Lipinski definition) is 6. The van der Waals surface area contributed by atoms with Crippen molar-refractivity contribution in [2.75, 3.05) is 33.3 Å². The molecule has 1 saturated heterocycles. The Kier molecular flexibility index (Phi) is 7.93. The summed E-state index contributed by atoms with van der Waals surface area (Å²) in [7, 11) is 1.81. The Labute approximate surface area is 230 Å². The summed E-state index contributed by atoms with van der Waals surface area (Å²) in [6.07, 6.45) is 4.40.